The van der Waals surface area contributed by atoms with Crippen molar-refractivity contribution in [3.63, 3.8) is 0 Å². The van der Waals surface area contributed by atoms with Gasteiger partial charge < -0.3 is 15.4 Å². The molecule has 3 rings (SSSR count). The van der Waals surface area contributed by atoms with Crippen LogP contribution in [0, 0.1) is 0 Å². The van der Waals surface area contributed by atoms with E-state index in [9.17, 15) is 0 Å². The lowest BCUT2D eigenvalue weighted by atomic mass is 10.0. The van der Waals surface area contributed by atoms with Crippen LogP contribution in [0.2, 0.25) is 5.02 Å². The van der Waals surface area contributed by atoms with Crippen molar-refractivity contribution in [2.24, 2.45) is 5.73 Å². The van der Waals surface area contributed by atoms with Gasteiger partial charge in [0.25, 0.3) is 0 Å². The molecule has 1 aromatic heterocycles. The maximum absolute atomic E-state index is 6.47. The fourth-order valence-electron chi connectivity index (χ4n) is 3.13. The third kappa shape index (κ3) is 4.54. The van der Waals surface area contributed by atoms with Gasteiger partial charge in [0.15, 0.2) is 0 Å². The fourth-order valence-corrected chi connectivity index (χ4v) is 3.26. The number of halogens is 1. The van der Waals surface area contributed by atoms with Gasteiger partial charge in [-0.05, 0) is 42.7 Å². The van der Waals surface area contributed by atoms with Gasteiger partial charge in [-0.1, -0.05) is 29.8 Å². The van der Waals surface area contributed by atoms with Crippen LogP contribution in [0.15, 0.2) is 48.7 Å². The second-order valence-electron chi connectivity index (χ2n) is 6.15. The Morgan fingerprint density at radius 3 is 2.54 bits per heavy atom. The van der Waals surface area contributed by atoms with Gasteiger partial charge in [-0.15, -0.1) is 0 Å². The summed E-state index contributed by atoms with van der Waals surface area (Å²) in [5, 5.41) is 0.730. The van der Waals surface area contributed by atoms with Gasteiger partial charge in [0.2, 0.25) is 0 Å². The van der Waals surface area contributed by atoms with Gasteiger partial charge >= 0.3 is 0 Å². The molecular formula is C19H24ClN3O. The number of hydrogen-bond donors (Lipinski definition) is 1. The number of pyridine rings is 1. The zero-order valence-electron chi connectivity index (χ0n) is 13.8. The van der Waals surface area contributed by atoms with Gasteiger partial charge in [0, 0.05) is 37.4 Å². The molecule has 1 fully saturated rings. The first-order valence-corrected chi connectivity index (χ1v) is 8.88. The monoisotopic (exact) mass is 345 g/mol. The van der Waals surface area contributed by atoms with Gasteiger partial charge in [0.1, 0.15) is 6.10 Å². The Balaban J connectivity index is 1.73. The molecule has 2 aromatic rings. The molecule has 1 aromatic carbocycles. The molecule has 1 saturated heterocycles. The second-order valence-corrected chi connectivity index (χ2v) is 6.59. The fraction of sp³-hybridized carbons (Fsp3) is 0.421. The first-order chi connectivity index (χ1) is 11.8. The number of nitrogens with two attached hydrogens (primary N) is 1. The molecule has 4 nitrogen and oxygen atoms in total. The number of nitrogens with zero attached hydrogens (tertiary/aromatic N) is 2. The maximum atomic E-state index is 6.47. The summed E-state index contributed by atoms with van der Waals surface area (Å²) in [7, 11) is 0. The molecule has 0 bridgehead atoms. The van der Waals surface area contributed by atoms with Crippen LogP contribution >= 0.6 is 11.6 Å². The second kappa shape index (κ2) is 8.58. The molecule has 0 saturated carbocycles. The number of likely N-dealkylation sites (tertiary alicyclic amines) is 1. The molecule has 0 radical (unpaired) electrons. The predicted molar refractivity (Wildman–Crippen MR) is 97.1 cm³/mol. The summed E-state index contributed by atoms with van der Waals surface area (Å²) < 4.78 is 6.47. The van der Waals surface area contributed by atoms with Gasteiger partial charge in [0.05, 0.1) is 11.8 Å². The Morgan fingerprint density at radius 2 is 1.92 bits per heavy atom. The number of piperidine rings is 1. The van der Waals surface area contributed by atoms with Crippen molar-refractivity contribution in [3.05, 3.63) is 64.9 Å². The SMILES string of the molecule is NCCN1CCC(OC(c2ccc(Cl)cc2)c2ccccn2)CC1. The van der Waals surface area contributed by atoms with E-state index in [1.54, 1.807) is 0 Å². The third-order valence-corrected chi connectivity index (χ3v) is 4.69. The standard InChI is InChI=1S/C19H24ClN3O/c20-16-6-4-15(5-7-16)19(18-3-1-2-11-22-18)24-17-8-12-23(13-9-17)14-10-21/h1-7,11,17,19H,8-10,12-14,21H2. The molecule has 2 heterocycles. The van der Waals surface area contributed by atoms with Crippen LogP contribution in [0.4, 0.5) is 0 Å². The number of benzene rings is 1. The highest BCUT2D eigenvalue weighted by atomic mass is 35.5. The Hall–Kier alpha value is -1.46. The summed E-state index contributed by atoms with van der Waals surface area (Å²) in [6.45, 7) is 3.76. The van der Waals surface area contributed by atoms with Gasteiger partial charge in [-0.3, -0.25) is 4.98 Å². The van der Waals surface area contributed by atoms with Crippen LogP contribution < -0.4 is 5.73 Å². The third-order valence-electron chi connectivity index (χ3n) is 4.44. The molecule has 1 unspecified atom stereocenters. The number of aromatic nitrogens is 1. The summed E-state index contributed by atoms with van der Waals surface area (Å²) in [6.07, 6.45) is 3.94. The van der Waals surface area contributed by atoms with Crippen molar-refractivity contribution in [2.45, 2.75) is 25.0 Å². The first kappa shape index (κ1) is 17.4. The van der Waals surface area contributed by atoms with Crippen molar-refractivity contribution in [1.82, 2.24) is 9.88 Å². The van der Waals surface area contributed by atoms with E-state index in [0.29, 0.717) is 6.54 Å². The quantitative estimate of drug-likeness (QED) is 0.873. The zero-order valence-corrected chi connectivity index (χ0v) is 14.5. The van der Waals surface area contributed by atoms with E-state index < -0.39 is 0 Å². The molecule has 0 amide bonds. The van der Waals surface area contributed by atoms with E-state index in [-0.39, 0.29) is 12.2 Å². The summed E-state index contributed by atoms with van der Waals surface area (Å²) >= 11 is 6.03. The summed E-state index contributed by atoms with van der Waals surface area (Å²) in [4.78, 5) is 6.90. The summed E-state index contributed by atoms with van der Waals surface area (Å²) in [5.74, 6) is 0. The van der Waals surface area contributed by atoms with E-state index >= 15 is 0 Å². The van der Waals surface area contributed by atoms with Crippen molar-refractivity contribution < 1.29 is 4.74 Å². The van der Waals surface area contributed by atoms with Crippen LogP contribution in [-0.4, -0.2) is 42.2 Å². The minimum atomic E-state index is -0.158. The Kier molecular flexibility index (Phi) is 6.21. The lowest BCUT2D eigenvalue weighted by molar-refractivity contribution is -0.0280. The predicted octanol–water partition coefficient (Wildman–Crippen LogP) is 3.26. The Bertz CT molecular complexity index is 612. The van der Waals surface area contributed by atoms with Crippen LogP contribution in [0.3, 0.4) is 0 Å². The average molecular weight is 346 g/mol. The molecule has 128 valence electrons. The van der Waals surface area contributed by atoms with Crippen LogP contribution in [0.5, 0.6) is 0 Å². The molecule has 1 aliphatic heterocycles. The minimum absolute atomic E-state index is 0.158. The maximum Gasteiger partial charge on any atom is 0.125 e. The van der Waals surface area contributed by atoms with Crippen molar-refractivity contribution >= 4 is 11.6 Å². The highest BCUT2D eigenvalue weighted by Gasteiger charge is 2.25. The van der Waals surface area contributed by atoms with Crippen LogP contribution in [-0.2, 0) is 4.74 Å². The highest BCUT2D eigenvalue weighted by molar-refractivity contribution is 6.30. The lowest BCUT2D eigenvalue weighted by Crippen LogP contribution is -2.40. The smallest absolute Gasteiger partial charge is 0.125 e. The number of rotatable bonds is 6. The normalized spacial score (nSPS) is 17.8. The van der Waals surface area contributed by atoms with Crippen molar-refractivity contribution in [1.29, 1.82) is 0 Å². The van der Waals surface area contributed by atoms with Gasteiger partial charge in [-0.2, -0.15) is 0 Å². The van der Waals surface area contributed by atoms with Crippen LogP contribution in [0.1, 0.15) is 30.2 Å². The van der Waals surface area contributed by atoms with Crippen LogP contribution in [0.25, 0.3) is 0 Å². The molecule has 0 aliphatic carbocycles. The molecule has 0 spiro atoms. The lowest BCUT2D eigenvalue weighted by Gasteiger charge is -2.33. The van der Waals surface area contributed by atoms with E-state index in [1.165, 1.54) is 0 Å². The Labute approximate surface area is 148 Å². The number of ether oxygens (including phenoxy) is 1. The summed E-state index contributed by atoms with van der Waals surface area (Å²) in [5.41, 5.74) is 7.67. The van der Waals surface area contributed by atoms with E-state index in [1.807, 2.05) is 48.7 Å². The molecule has 5 heteroatoms. The molecular weight excluding hydrogens is 322 g/mol. The topological polar surface area (TPSA) is 51.4 Å². The van der Waals surface area contributed by atoms with Crippen molar-refractivity contribution in [3.8, 4) is 0 Å². The Morgan fingerprint density at radius 1 is 1.17 bits per heavy atom. The van der Waals surface area contributed by atoms with E-state index in [2.05, 4.69) is 9.88 Å². The summed E-state index contributed by atoms with van der Waals surface area (Å²) in [6, 6.07) is 13.8. The van der Waals surface area contributed by atoms with E-state index in [0.717, 1.165) is 48.8 Å². The first-order valence-electron chi connectivity index (χ1n) is 8.50. The van der Waals surface area contributed by atoms with Crippen molar-refractivity contribution in [2.75, 3.05) is 26.2 Å². The highest BCUT2D eigenvalue weighted by Crippen LogP contribution is 2.29. The molecule has 24 heavy (non-hydrogen) atoms. The zero-order chi connectivity index (χ0) is 16.8. The van der Waals surface area contributed by atoms with E-state index in [4.69, 9.17) is 22.1 Å². The number of hydrogen-bond acceptors (Lipinski definition) is 4. The molecule has 1 aliphatic rings. The van der Waals surface area contributed by atoms with Gasteiger partial charge in [-0.25, -0.2) is 0 Å². The average Bonchev–Trinajstić information content (AvgIpc) is 2.63. The largest absolute Gasteiger partial charge is 0.364 e. The molecule has 1 atom stereocenters. The molecule has 2 N–H and O–H groups in total. The minimum Gasteiger partial charge on any atom is -0.364 e.